The van der Waals surface area contributed by atoms with Crippen LogP contribution in [-0.2, 0) is 5.54 Å². The van der Waals surface area contributed by atoms with Crippen molar-refractivity contribution < 1.29 is 0 Å². The van der Waals surface area contributed by atoms with Crippen molar-refractivity contribution in [3.05, 3.63) is 65.1 Å². The van der Waals surface area contributed by atoms with Crippen molar-refractivity contribution in [3.8, 4) is 10.4 Å². The van der Waals surface area contributed by atoms with Crippen LogP contribution < -0.4 is 15.8 Å². The lowest BCUT2D eigenvalue weighted by atomic mass is 10.0. The first-order valence-corrected chi connectivity index (χ1v) is 11.0. The summed E-state index contributed by atoms with van der Waals surface area (Å²) < 4.78 is 1.89. The Morgan fingerprint density at radius 1 is 1.03 bits per heavy atom. The number of anilines is 2. The molecular formula is C23H28N4OS. The number of benzene rings is 1. The first kappa shape index (κ1) is 19.7. The van der Waals surface area contributed by atoms with Crippen LogP contribution in [0.5, 0.6) is 0 Å². The van der Waals surface area contributed by atoms with E-state index in [9.17, 15) is 4.79 Å². The Labute approximate surface area is 176 Å². The van der Waals surface area contributed by atoms with Gasteiger partial charge in [-0.1, -0.05) is 47.9 Å². The molecule has 1 aliphatic rings. The minimum absolute atomic E-state index is 0.0773. The zero-order chi connectivity index (χ0) is 20.4. The minimum Gasteiger partial charge on any atom is -0.376 e. The van der Waals surface area contributed by atoms with Crippen LogP contribution in [0.3, 0.4) is 0 Å². The summed E-state index contributed by atoms with van der Waals surface area (Å²) in [5.41, 5.74) is 1.67. The van der Waals surface area contributed by atoms with Crippen molar-refractivity contribution in [2.24, 2.45) is 0 Å². The van der Waals surface area contributed by atoms with Crippen molar-refractivity contribution in [1.82, 2.24) is 8.94 Å². The molecule has 1 N–H and O–H groups in total. The predicted molar refractivity (Wildman–Crippen MR) is 122 cm³/mol. The second kappa shape index (κ2) is 8.03. The van der Waals surface area contributed by atoms with E-state index in [0.717, 1.165) is 47.9 Å². The number of piperidine rings is 1. The van der Waals surface area contributed by atoms with Gasteiger partial charge in [0.1, 0.15) is 11.5 Å². The Kier molecular flexibility index (Phi) is 5.46. The molecule has 1 aliphatic heterocycles. The number of hydrogen-bond donors (Lipinski definition) is 1. The maximum Gasteiger partial charge on any atom is 0.285 e. The van der Waals surface area contributed by atoms with E-state index in [-0.39, 0.29) is 17.1 Å². The topological polar surface area (TPSA) is 50.2 Å². The van der Waals surface area contributed by atoms with Gasteiger partial charge in [-0.15, -0.1) is 0 Å². The highest BCUT2D eigenvalue weighted by Gasteiger charge is 2.27. The average Bonchev–Trinajstić information content (AvgIpc) is 3.06. The third-order valence-corrected chi connectivity index (χ3v) is 6.79. The lowest BCUT2D eigenvalue weighted by molar-refractivity contribution is 0.419. The number of pyridine rings is 1. The minimum atomic E-state index is -0.243. The second-order valence-corrected chi connectivity index (χ2v) is 9.48. The predicted octanol–water partition coefficient (Wildman–Crippen LogP) is 4.81. The van der Waals surface area contributed by atoms with Crippen molar-refractivity contribution in [2.45, 2.75) is 45.2 Å². The van der Waals surface area contributed by atoms with Gasteiger partial charge in [-0.05, 0) is 51.3 Å². The van der Waals surface area contributed by atoms with Crippen molar-refractivity contribution in [2.75, 3.05) is 23.3 Å². The highest BCUT2D eigenvalue weighted by Crippen LogP contribution is 2.34. The summed E-state index contributed by atoms with van der Waals surface area (Å²) >= 11 is 1.55. The van der Waals surface area contributed by atoms with Crippen molar-refractivity contribution in [3.63, 3.8) is 0 Å². The van der Waals surface area contributed by atoms with Gasteiger partial charge in [0.15, 0.2) is 0 Å². The summed E-state index contributed by atoms with van der Waals surface area (Å²) in [5, 5.41) is 3.61. The number of nitrogens with zero attached hydrogens (tertiary/aromatic N) is 3. The van der Waals surface area contributed by atoms with E-state index in [2.05, 4.69) is 54.2 Å². The standard InChI is InChI=1S/C23H28N4OS/c1-23(2,3)27-22(28)20(21(29-27)17-9-5-4-6-10-17)25-18-12-15-26(16-13-18)19-11-7-8-14-24-19/h4-11,14,18,25H,12-13,15-16H2,1-3H3. The molecule has 0 radical (unpaired) electrons. The number of nitrogens with one attached hydrogen (secondary N) is 1. The summed E-state index contributed by atoms with van der Waals surface area (Å²) in [6.07, 6.45) is 3.80. The Bertz CT molecular complexity index is 997. The largest absolute Gasteiger partial charge is 0.376 e. The molecule has 0 amide bonds. The van der Waals surface area contributed by atoms with Gasteiger partial charge in [0.25, 0.3) is 5.56 Å². The van der Waals surface area contributed by atoms with Crippen LogP contribution in [0.1, 0.15) is 33.6 Å². The van der Waals surface area contributed by atoms with E-state index in [1.165, 1.54) is 0 Å². The molecule has 0 saturated carbocycles. The van der Waals surface area contributed by atoms with E-state index in [0.29, 0.717) is 0 Å². The van der Waals surface area contributed by atoms with E-state index >= 15 is 0 Å². The van der Waals surface area contributed by atoms with Crippen molar-refractivity contribution >= 4 is 23.0 Å². The summed E-state index contributed by atoms with van der Waals surface area (Å²) in [4.78, 5) is 21.1. The number of hydrogen-bond acceptors (Lipinski definition) is 5. The summed E-state index contributed by atoms with van der Waals surface area (Å²) in [5.74, 6) is 1.03. The first-order valence-electron chi connectivity index (χ1n) is 10.2. The maximum atomic E-state index is 13.3. The molecule has 0 unspecified atom stereocenters. The molecule has 1 saturated heterocycles. The van der Waals surface area contributed by atoms with Gasteiger partial charge >= 0.3 is 0 Å². The van der Waals surface area contributed by atoms with Crippen LogP contribution >= 0.6 is 11.5 Å². The zero-order valence-corrected chi connectivity index (χ0v) is 18.1. The first-order chi connectivity index (χ1) is 13.9. The van der Waals surface area contributed by atoms with Crippen LogP contribution in [0, 0.1) is 0 Å². The fraction of sp³-hybridized carbons (Fsp3) is 0.391. The van der Waals surface area contributed by atoms with Crippen LogP contribution in [0.25, 0.3) is 10.4 Å². The molecule has 29 heavy (non-hydrogen) atoms. The Hall–Kier alpha value is -2.60. The Balaban J connectivity index is 1.57. The normalized spacial score (nSPS) is 15.5. The van der Waals surface area contributed by atoms with Gasteiger partial charge in [0.05, 0.1) is 10.4 Å². The summed E-state index contributed by atoms with van der Waals surface area (Å²) in [6.45, 7) is 8.11. The van der Waals surface area contributed by atoms with Gasteiger partial charge < -0.3 is 10.2 Å². The molecule has 6 heteroatoms. The highest BCUT2D eigenvalue weighted by molar-refractivity contribution is 7.11. The molecule has 1 aromatic carbocycles. The molecule has 3 heterocycles. The molecule has 152 valence electrons. The van der Waals surface area contributed by atoms with Crippen molar-refractivity contribution in [1.29, 1.82) is 0 Å². The molecule has 0 atom stereocenters. The highest BCUT2D eigenvalue weighted by atomic mass is 32.1. The monoisotopic (exact) mass is 408 g/mol. The van der Waals surface area contributed by atoms with Crippen LogP contribution in [0.4, 0.5) is 11.5 Å². The molecule has 4 rings (SSSR count). The third-order valence-electron chi connectivity index (χ3n) is 5.27. The lowest BCUT2D eigenvalue weighted by Crippen LogP contribution is -2.40. The molecule has 3 aromatic rings. The smallest absolute Gasteiger partial charge is 0.285 e. The van der Waals surface area contributed by atoms with Crippen LogP contribution in [-0.4, -0.2) is 28.1 Å². The SMILES string of the molecule is CC(C)(C)n1sc(-c2ccccc2)c(NC2CCN(c3ccccn3)CC2)c1=O. The van der Waals surface area contributed by atoms with E-state index in [1.807, 2.05) is 40.5 Å². The number of rotatable bonds is 4. The molecule has 1 fully saturated rings. The van der Waals surface area contributed by atoms with Gasteiger partial charge in [-0.25, -0.2) is 4.98 Å². The Morgan fingerprint density at radius 3 is 2.34 bits per heavy atom. The van der Waals surface area contributed by atoms with Gasteiger partial charge in [0, 0.05) is 25.3 Å². The van der Waals surface area contributed by atoms with Crippen LogP contribution in [0.2, 0.25) is 0 Å². The molecule has 2 aromatic heterocycles. The zero-order valence-electron chi connectivity index (χ0n) is 17.3. The third kappa shape index (κ3) is 4.22. The van der Waals surface area contributed by atoms with Crippen LogP contribution in [0.15, 0.2) is 59.5 Å². The fourth-order valence-electron chi connectivity index (χ4n) is 3.73. The molecule has 5 nitrogen and oxygen atoms in total. The second-order valence-electron chi connectivity index (χ2n) is 8.53. The quantitative estimate of drug-likeness (QED) is 0.673. The molecule has 0 aliphatic carbocycles. The molecule has 0 spiro atoms. The molecular weight excluding hydrogens is 380 g/mol. The Morgan fingerprint density at radius 2 is 1.72 bits per heavy atom. The number of aromatic nitrogens is 2. The average molecular weight is 409 g/mol. The lowest BCUT2D eigenvalue weighted by Gasteiger charge is -2.33. The maximum absolute atomic E-state index is 13.3. The molecule has 0 bridgehead atoms. The van der Waals surface area contributed by atoms with Gasteiger partial charge in [-0.3, -0.25) is 8.75 Å². The van der Waals surface area contributed by atoms with E-state index in [1.54, 1.807) is 11.5 Å². The van der Waals surface area contributed by atoms with E-state index in [4.69, 9.17) is 0 Å². The van der Waals surface area contributed by atoms with Gasteiger partial charge in [-0.2, -0.15) is 0 Å². The summed E-state index contributed by atoms with van der Waals surface area (Å²) in [6, 6.07) is 16.5. The fourth-order valence-corrected chi connectivity index (χ4v) is 4.84. The summed E-state index contributed by atoms with van der Waals surface area (Å²) in [7, 11) is 0. The van der Waals surface area contributed by atoms with E-state index < -0.39 is 0 Å². The van der Waals surface area contributed by atoms with Gasteiger partial charge in [0.2, 0.25) is 0 Å².